The third kappa shape index (κ3) is 2.19. The second kappa shape index (κ2) is 3.93. The van der Waals surface area contributed by atoms with Gasteiger partial charge in [-0.3, -0.25) is 0 Å². The minimum Gasteiger partial charge on any atom is -0.321 e. The predicted octanol–water partition coefficient (Wildman–Crippen LogP) is 2.22. The van der Waals surface area contributed by atoms with Crippen LogP contribution in [-0.2, 0) is 15.4 Å². The molecule has 1 aromatic carbocycles. The SMILES string of the molecule is CS(=O)(=O)c1c(F)cc(C2(N)CCC2)cc1Cl. The molecular weight excluding hydrogens is 265 g/mol. The molecule has 0 amide bonds. The van der Waals surface area contributed by atoms with Gasteiger partial charge < -0.3 is 5.73 Å². The summed E-state index contributed by atoms with van der Waals surface area (Å²) in [4.78, 5) is -0.453. The van der Waals surface area contributed by atoms with E-state index in [2.05, 4.69) is 0 Å². The molecule has 6 heteroatoms. The smallest absolute Gasteiger partial charge is 0.179 e. The lowest BCUT2D eigenvalue weighted by Crippen LogP contribution is -2.43. The van der Waals surface area contributed by atoms with Crippen molar-refractivity contribution in [2.75, 3.05) is 6.26 Å². The van der Waals surface area contributed by atoms with E-state index in [1.54, 1.807) is 0 Å². The second-order valence-corrected chi connectivity index (χ2v) is 6.91. The van der Waals surface area contributed by atoms with E-state index in [-0.39, 0.29) is 5.02 Å². The lowest BCUT2D eigenvalue weighted by molar-refractivity contribution is 0.252. The van der Waals surface area contributed by atoms with Gasteiger partial charge in [0.25, 0.3) is 0 Å². The molecule has 1 saturated carbocycles. The summed E-state index contributed by atoms with van der Waals surface area (Å²) >= 11 is 5.83. The van der Waals surface area contributed by atoms with Crippen LogP contribution in [-0.4, -0.2) is 14.7 Å². The Morgan fingerprint density at radius 1 is 1.41 bits per heavy atom. The summed E-state index contributed by atoms with van der Waals surface area (Å²) in [7, 11) is -3.66. The van der Waals surface area contributed by atoms with E-state index >= 15 is 0 Å². The van der Waals surface area contributed by atoms with Gasteiger partial charge in [-0.2, -0.15) is 0 Å². The number of rotatable bonds is 2. The largest absolute Gasteiger partial charge is 0.321 e. The van der Waals surface area contributed by atoms with E-state index in [0.29, 0.717) is 5.56 Å². The van der Waals surface area contributed by atoms with Gasteiger partial charge >= 0.3 is 0 Å². The van der Waals surface area contributed by atoms with Crippen molar-refractivity contribution in [2.24, 2.45) is 5.73 Å². The fourth-order valence-corrected chi connectivity index (χ4v) is 3.50. The average Bonchev–Trinajstić information content (AvgIpc) is 2.10. The first-order valence-electron chi connectivity index (χ1n) is 5.22. The van der Waals surface area contributed by atoms with Crippen LogP contribution < -0.4 is 5.73 Å². The first kappa shape index (κ1) is 12.8. The summed E-state index contributed by atoms with van der Waals surface area (Å²) in [5.41, 5.74) is 6.06. The Morgan fingerprint density at radius 3 is 2.35 bits per heavy atom. The zero-order valence-electron chi connectivity index (χ0n) is 9.33. The van der Waals surface area contributed by atoms with Crippen LogP contribution in [0.15, 0.2) is 17.0 Å². The van der Waals surface area contributed by atoms with Crippen molar-refractivity contribution in [1.29, 1.82) is 0 Å². The normalized spacial score (nSPS) is 18.8. The number of benzene rings is 1. The molecule has 0 heterocycles. The maximum atomic E-state index is 13.8. The van der Waals surface area contributed by atoms with E-state index in [9.17, 15) is 12.8 Å². The van der Waals surface area contributed by atoms with Crippen molar-refractivity contribution in [1.82, 2.24) is 0 Å². The Morgan fingerprint density at radius 2 is 2.00 bits per heavy atom. The molecule has 0 spiro atoms. The van der Waals surface area contributed by atoms with Gasteiger partial charge in [0.05, 0.1) is 5.02 Å². The van der Waals surface area contributed by atoms with Gasteiger partial charge in [-0.1, -0.05) is 11.6 Å². The number of halogens is 2. The van der Waals surface area contributed by atoms with Crippen LogP contribution in [0.5, 0.6) is 0 Å². The molecule has 2 rings (SSSR count). The molecular formula is C11H13ClFNO2S. The summed E-state index contributed by atoms with van der Waals surface area (Å²) in [6.45, 7) is 0. The lowest BCUT2D eigenvalue weighted by atomic mass is 9.73. The van der Waals surface area contributed by atoms with Crippen LogP contribution >= 0.6 is 11.6 Å². The Balaban J connectivity index is 2.57. The highest BCUT2D eigenvalue weighted by molar-refractivity contribution is 7.90. The van der Waals surface area contributed by atoms with Gasteiger partial charge in [-0.15, -0.1) is 0 Å². The van der Waals surface area contributed by atoms with Gasteiger partial charge in [0.15, 0.2) is 9.84 Å². The molecule has 0 aromatic heterocycles. The quantitative estimate of drug-likeness (QED) is 0.902. The molecule has 3 nitrogen and oxygen atoms in total. The monoisotopic (exact) mass is 277 g/mol. The van der Waals surface area contributed by atoms with E-state index in [1.807, 2.05) is 0 Å². The summed E-state index contributed by atoms with van der Waals surface area (Å²) in [6, 6.07) is 2.64. The fraction of sp³-hybridized carbons (Fsp3) is 0.455. The molecule has 0 radical (unpaired) electrons. The predicted molar refractivity (Wildman–Crippen MR) is 64.2 cm³/mol. The summed E-state index contributed by atoms with van der Waals surface area (Å²) in [5, 5.41) is -0.0979. The topological polar surface area (TPSA) is 60.2 Å². The van der Waals surface area contributed by atoms with Crippen molar-refractivity contribution in [3.63, 3.8) is 0 Å². The van der Waals surface area contributed by atoms with E-state index in [1.165, 1.54) is 12.1 Å². The molecule has 1 aliphatic rings. The Hall–Kier alpha value is -0.650. The molecule has 0 aliphatic heterocycles. The summed E-state index contributed by atoms with van der Waals surface area (Å²) in [6.07, 6.45) is 3.45. The zero-order valence-corrected chi connectivity index (χ0v) is 10.9. The second-order valence-electron chi connectivity index (χ2n) is 4.55. The van der Waals surface area contributed by atoms with Crippen molar-refractivity contribution in [2.45, 2.75) is 29.7 Å². The summed E-state index contributed by atoms with van der Waals surface area (Å²) < 4.78 is 36.5. The highest BCUT2D eigenvalue weighted by Gasteiger charge is 2.36. The first-order valence-corrected chi connectivity index (χ1v) is 7.49. The molecule has 2 N–H and O–H groups in total. The number of hydrogen-bond acceptors (Lipinski definition) is 3. The van der Waals surface area contributed by atoms with E-state index in [4.69, 9.17) is 17.3 Å². The van der Waals surface area contributed by atoms with Gasteiger partial charge in [0, 0.05) is 11.8 Å². The highest BCUT2D eigenvalue weighted by Crippen LogP contribution is 2.41. The molecule has 94 valence electrons. The van der Waals surface area contributed by atoms with Crippen LogP contribution in [0.2, 0.25) is 5.02 Å². The lowest BCUT2D eigenvalue weighted by Gasteiger charge is -2.38. The molecule has 0 unspecified atom stereocenters. The summed E-state index contributed by atoms with van der Waals surface area (Å²) in [5.74, 6) is -0.827. The Kier molecular flexibility index (Phi) is 2.96. The third-order valence-corrected chi connectivity index (χ3v) is 4.76. The minimum atomic E-state index is -3.66. The van der Waals surface area contributed by atoms with Crippen molar-refractivity contribution < 1.29 is 12.8 Å². The average molecular weight is 278 g/mol. The molecule has 0 bridgehead atoms. The van der Waals surface area contributed by atoms with Gasteiger partial charge in [-0.05, 0) is 37.0 Å². The highest BCUT2D eigenvalue weighted by atomic mass is 35.5. The van der Waals surface area contributed by atoms with E-state index < -0.39 is 26.1 Å². The molecule has 0 saturated heterocycles. The molecule has 1 fully saturated rings. The number of nitrogens with two attached hydrogens (primary N) is 1. The van der Waals surface area contributed by atoms with Gasteiger partial charge in [0.2, 0.25) is 0 Å². The molecule has 0 atom stereocenters. The third-order valence-electron chi connectivity index (χ3n) is 3.19. The number of hydrogen-bond donors (Lipinski definition) is 1. The van der Waals surface area contributed by atoms with Crippen LogP contribution in [0.25, 0.3) is 0 Å². The van der Waals surface area contributed by atoms with E-state index in [0.717, 1.165) is 25.5 Å². The van der Waals surface area contributed by atoms with Crippen LogP contribution in [0.3, 0.4) is 0 Å². The van der Waals surface area contributed by atoms with Crippen LogP contribution in [0.4, 0.5) is 4.39 Å². The minimum absolute atomic E-state index is 0.0979. The standard InChI is InChI=1S/C11H13ClFNO2S/c1-17(15,16)10-8(12)5-7(6-9(10)13)11(14)3-2-4-11/h5-6H,2-4,14H2,1H3. The maximum absolute atomic E-state index is 13.8. The number of sulfone groups is 1. The first-order chi connectivity index (χ1) is 7.74. The van der Waals surface area contributed by atoms with Crippen molar-refractivity contribution in [3.05, 3.63) is 28.5 Å². The fourth-order valence-electron chi connectivity index (χ4n) is 2.05. The Bertz CT molecular complexity index is 544. The van der Waals surface area contributed by atoms with Crippen molar-refractivity contribution in [3.8, 4) is 0 Å². The van der Waals surface area contributed by atoms with Gasteiger partial charge in [0.1, 0.15) is 10.7 Å². The van der Waals surface area contributed by atoms with Crippen LogP contribution in [0, 0.1) is 5.82 Å². The molecule has 1 aromatic rings. The molecule has 17 heavy (non-hydrogen) atoms. The Labute approximate surface area is 105 Å². The van der Waals surface area contributed by atoms with Crippen molar-refractivity contribution >= 4 is 21.4 Å². The van der Waals surface area contributed by atoms with Crippen LogP contribution in [0.1, 0.15) is 24.8 Å². The maximum Gasteiger partial charge on any atom is 0.179 e. The zero-order chi connectivity index (χ0) is 12.8. The molecule has 1 aliphatic carbocycles. The van der Waals surface area contributed by atoms with Gasteiger partial charge in [-0.25, -0.2) is 12.8 Å².